The average Bonchev–Trinajstić information content (AvgIpc) is 3.35. The number of rotatable bonds is 5. The van der Waals surface area contributed by atoms with Crippen LogP contribution in [0.4, 0.5) is 19.0 Å². The molecule has 0 atom stereocenters. The molecule has 9 nitrogen and oxygen atoms in total. The molecule has 186 valence electrons. The van der Waals surface area contributed by atoms with E-state index in [4.69, 9.17) is 4.74 Å². The number of hydrogen-bond acceptors (Lipinski definition) is 7. The minimum Gasteiger partial charge on any atom is -0.462 e. The van der Waals surface area contributed by atoms with Crippen LogP contribution in [0, 0.1) is 11.3 Å². The van der Waals surface area contributed by atoms with Gasteiger partial charge in [-0.15, -0.1) is 0 Å². The molecule has 0 N–H and O–H groups in total. The Morgan fingerprint density at radius 2 is 1.81 bits per heavy atom. The summed E-state index contributed by atoms with van der Waals surface area (Å²) in [7, 11) is 0. The Morgan fingerprint density at radius 3 is 2.42 bits per heavy atom. The number of esters is 1. The molecule has 0 saturated carbocycles. The van der Waals surface area contributed by atoms with Crippen molar-refractivity contribution >= 4 is 17.7 Å². The zero-order chi connectivity index (χ0) is 25.9. The van der Waals surface area contributed by atoms with Crippen LogP contribution in [0.2, 0.25) is 0 Å². The second-order valence-corrected chi connectivity index (χ2v) is 7.85. The molecule has 1 fully saturated rings. The Kier molecular flexibility index (Phi) is 6.91. The van der Waals surface area contributed by atoms with E-state index in [1.165, 1.54) is 31.2 Å². The van der Waals surface area contributed by atoms with Gasteiger partial charge >= 0.3 is 12.1 Å². The van der Waals surface area contributed by atoms with E-state index in [1.54, 1.807) is 23.2 Å². The summed E-state index contributed by atoms with van der Waals surface area (Å²) in [4.78, 5) is 32.8. The molecule has 1 amide bonds. The SMILES string of the molecule is CCOC(=O)c1cnn(-c2ccc(C(=O)N3CCN(c4ncccc4C#N)CC3)cc2)c1C(F)(F)F. The van der Waals surface area contributed by atoms with Gasteiger partial charge in [-0.05, 0) is 43.3 Å². The van der Waals surface area contributed by atoms with Crippen molar-refractivity contribution in [1.29, 1.82) is 5.26 Å². The molecule has 12 heteroatoms. The number of piperazine rings is 1. The highest BCUT2D eigenvalue weighted by molar-refractivity contribution is 5.94. The van der Waals surface area contributed by atoms with E-state index in [1.807, 2.05) is 4.90 Å². The quantitative estimate of drug-likeness (QED) is 0.497. The molecule has 2 aromatic heterocycles. The average molecular weight is 498 g/mol. The fourth-order valence-electron chi connectivity index (χ4n) is 3.96. The maximum atomic E-state index is 13.7. The number of benzene rings is 1. The van der Waals surface area contributed by atoms with Crippen LogP contribution < -0.4 is 4.90 Å². The smallest absolute Gasteiger partial charge is 0.434 e. The Morgan fingerprint density at radius 1 is 1.11 bits per heavy atom. The predicted octanol–water partition coefficient (Wildman–Crippen LogP) is 3.30. The number of carbonyl (C=O) groups excluding carboxylic acids is 2. The van der Waals surface area contributed by atoms with Crippen LogP contribution in [-0.2, 0) is 10.9 Å². The van der Waals surface area contributed by atoms with Gasteiger partial charge in [0.15, 0.2) is 5.69 Å². The van der Waals surface area contributed by atoms with Gasteiger partial charge in [-0.2, -0.15) is 23.5 Å². The Balaban J connectivity index is 1.49. The minimum absolute atomic E-state index is 0.0402. The molecule has 1 aliphatic heterocycles. The normalized spacial score (nSPS) is 13.9. The number of pyridine rings is 1. The topological polar surface area (TPSA) is 104 Å². The number of amides is 1. The number of hydrogen-bond donors (Lipinski definition) is 0. The van der Waals surface area contributed by atoms with E-state index in [0.29, 0.717) is 47.8 Å². The van der Waals surface area contributed by atoms with Gasteiger partial charge in [0.05, 0.1) is 24.1 Å². The molecular weight excluding hydrogens is 477 g/mol. The maximum absolute atomic E-state index is 13.7. The van der Waals surface area contributed by atoms with Crippen LogP contribution >= 0.6 is 0 Å². The number of nitriles is 1. The number of ether oxygens (including phenoxy) is 1. The molecule has 3 heterocycles. The zero-order valence-corrected chi connectivity index (χ0v) is 19.2. The summed E-state index contributed by atoms with van der Waals surface area (Å²) in [5.41, 5.74) is -1.14. The molecule has 1 aromatic carbocycles. The van der Waals surface area contributed by atoms with Crippen molar-refractivity contribution in [3.05, 3.63) is 71.2 Å². The van der Waals surface area contributed by atoms with Crippen LogP contribution in [0.3, 0.4) is 0 Å². The molecule has 0 radical (unpaired) electrons. The number of aromatic nitrogens is 3. The first-order valence-electron chi connectivity index (χ1n) is 11.1. The molecule has 0 aliphatic carbocycles. The van der Waals surface area contributed by atoms with Crippen LogP contribution in [0.5, 0.6) is 0 Å². The summed E-state index contributed by atoms with van der Waals surface area (Å²) in [5, 5.41) is 13.0. The first-order valence-corrected chi connectivity index (χ1v) is 11.1. The van der Waals surface area contributed by atoms with Crippen molar-refractivity contribution in [3.8, 4) is 11.8 Å². The molecule has 1 saturated heterocycles. The van der Waals surface area contributed by atoms with E-state index < -0.39 is 23.4 Å². The first kappa shape index (κ1) is 24.7. The van der Waals surface area contributed by atoms with Crippen LogP contribution in [0.1, 0.15) is 38.9 Å². The molecular formula is C24H21F3N6O3. The summed E-state index contributed by atoms with van der Waals surface area (Å²) in [5.74, 6) is -0.820. The molecule has 1 aliphatic rings. The van der Waals surface area contributed by atoms with E-state index in [0.717, 1.165) is 6.20 Å². The lowest BCUT2D eigenvalue weighted by molar-refractivity contribution is -0.143. The molecule has 0 spiro atoms. The predicted molar refractivity (Wildman–Crippen MR) is 122 cm³/mol. The number of halogens is 3. The van der Waals surface area contributed by atoms with Gasteiger partial charge in [0, 0.05) is 37.9 Å². The van der Waals surface area contributed by atoms with Crippen molar-refractivity contribution < 1.29 is 27.5 Å². The third-order valence-corrected chi connectivity index (χ3v) is 5.67. The van der Waals surface area contributed by atoms with Crippen molar-refractivity contribution in [1.82, 2.24) is 19.7 Å². The standard InChI is InChI=1S/C24H21F3N6O3/c1-2-36-23(35)19-15-30-33(20(19)24(25,26)27)18-7-5-16(6-8-18)22(34)32-12-10-31(11-13-32)21-17(14-28)4-3-9-29-21/h3-9,15H,2,10-13H2,1H3. The van der Waals surface area contributed by atoms with E-state index in [9.17, 15) is 28.0 Å². The first-order chi connectivity index (χ1) is 17.2. The highest BCUT2D eigenvalue weighted by Crippen LogP contribution is 2.34. The lowest BCUT2D eigenvalue weighted by Gasteiger charge is -2.35. The Labute approximate surface area is 204 Å². The summed E-state index contributed by atoms with van der Waals surface area (Å²) < 4.78 is 46.5. The van der Waals surface area contributed by atoms with Gasteiger partial charge in [-0.3, -0.25) is 4.79 Å². The molecule has 3 aromatic rings. The summed E-state index contributed by atoms with van der Waals surface area (Å²) in [6.45, 7) is 3.16. The highest BCUT2D eigenvalue weighted by Gasteiger charge is 2.41. The van der Waals surface area contributed by atoms with Crippen molar-refractivity contribution in [3.63, 3.8) is 0 Å². The van der Waals surface area contributed by atoms with Crippen molar-refractivity contribution in [2.24, 2.45) is 0 Å². The molecule has 36 heavy (non-hydrogen) atoms. The van der Waals surface area contributed by atoms with Gasteiger partial charge in [-0.25, -0.2) is 14.5 Å². The summed E-state index contributed by atoms with van der Waals surface area (Å²) >= 11 is 0. The maximum Gasteiger partial charge on any atom is 0.434 e. The third-order valence-electron chi connectivity index (χ3n) is 5.67. The second-order valence-electron chi connectivity index (χ2n) is 7.85. The Hall–Kier alpha value is -4.40. The second kappa shape index (κ2) is 10.1. The van der Waals surface area contributed by atoms with Gasteiger partial charge in [-0.1, -0.05) is 0 Å². The summed E-state index contributed by atoms with van der Waals surface area (Å²) in [6, 6.07) is 11.0. The lowest BCUT2D eigenvalue weighted by atomic mass is 10.1. The molecule has 0 bridgehead atoms. The van der Waals surface area contributed by atoms with E-state index in [-0.39, 0.29) is 18.2 Å². The number of nitrogens with zero attached hydrogens (tertiary/aromatic N) is 6. The third kappa shape index (κ3) is 4.86. The molecule has 4 rings (SSSR count). The van der Waals surface area contributed by atoms with E-state index in [2.05, 4.69) is 16.2 Å². The van der Waals surface area contributed by atoms with Gasteiger partial charge < -0.3 is 14.5 Å². The summed E-state index contributed by atoms with van der Waals surface area (Å²) in [6.07, 6.45) is -2.43. The zero-order valence-electron chi connectivity index (χ0n) is 19.2. The van der Waals surface area contributed by atoms with Gasteiger partial charge in [0.25, 0.3) is 5.91 Å². The fourth-order valence-corrected chi connectivity index (χ4v) is 3.96. The van der Waals surface area contributed by atoms with Gasteiger partial charge in [0.2, 0.25) is 0 Å². The van der Waals surface area contributed by atoms with Crippen molar-refractivity contribution in [2.45, 2.75) is 13.1 Å². The Bertz CT molecular complexity index is 1310. The largest absolute Gasteiger partial charge is 0.462 e. The minimum atomic E-state index is -4.86. The highest BCUT2D eigenvalue weighted by atomic mass is 19.4. The number of anilines is 1. The lowest BCUT2D eigenvalue weighted by Crippen LogP contribution is -2.49. The van der Waals surface area contributed by atoms with E-state index >= 15 is 0 Å². The van der Waals surface area contributed by atoms with Crippen LogP contribution in [0.15, 0.2) is 48.8 Å². The van der Waals surface area contributed by atoms with Crippen LogP contribution in [-0.4, -0.2) is 64.3 Å². The van der Waals surface area contributed by atoms with Crippen LogP contribution in [0.25, 0.3) is 5.69 Å². The number of carbonyl (C=O) groups is 2. The monoisotopic (exact) mass is 498 g/mol. The van der Waals surface area contributed by atoms with Crippen molar-refractivity contribution in [2.75, 3.05) is 37.7 Å². The van der Waals surface area contributed by atoms with Gasteiger partial charge in [0.1, 0.15) is 17.5 Å². The fraction of sp³-hybridized carbons (Fsp3) is 0.292. The number of alkyl halides is 3. The molecule has 0 unspecified atom stereocenters.